The topological polar surface area (TPSA) is 42.2 Å². The van der Waals surface area contributed by atoms with Gasteiger partial charge in [0.1, 0.15) is 0 Å². The van der Waals surface area contributed by atoms with Gasteiger partial charge in [0, 0.05) is 5.56 Å². The van der Waals surface area contributed by atoms with Crippen LogP contribution in [-0.2, 0) is 0 Å². The van der Waals surface area contributed by atoms with Crippen LogP contribution in [0.5, 0.6) is 0 Å². The average Bonchev–Trinajstić information content (AvgIpc) is 1.97. The minimum atomic E-state index is -0.0761. The molecule has 1 aromatic rings. The first-order chi connectivity index (χ1) is 5.04. The zero-order valence-electron chi connectivity index (χ0n) is 6.26. The maximum absolute atomic E-state index is 11.2. The van der Waals surface area contributed by atoms with E-state index in [1.165, 1.54) is 6.20 Å². The van der Waals surface area contributed by atoms with E-state index >= 15 is 0 Å². The third-order valence-corrected chi connectivity index (χ3v) is 2.47. The van der Waals surface area contributed by atoms with Crippen molar-refractivity contribution in [1.29, 1.82) is 0 Å². The van der Waals surface area contributed by atoms with Crippen molar-refractivity contribution in [1.82, 2.24) is 4.73 Å². The monoisotopic (exact) mass is 217 g/mol. The van der Waals surface area contributed by atoms with Crippen molar-refractivity contribution in [2.45, 2.75) is 13.8 Å². The molecule has 0 saturated heterocycles. The van der Waals surface area contributed by atoms with Gasteiger partial charge in [0.15, 0.2) is 5.43 Å². The van der Waals surface area contributed by atoms with Crippen LogP contribution in [0.3, 0.4) is 0 Å². The van der Waals surface area contributed by atoms with Crippen LogP contribution < -0.4 is 5.43 Å². The molecule has 4 heteroatoms. The summed E-state index contributed by atoms with van der Waals surface area (Å²) in [5.41, 5.74) is 0.957. The highest BCUT2D eigenvalue weighted by molar-refractivity contribution is 9.10. The Kier molecular flexibility index (Phi) is 2.04. The van der Waals surface area contributed by atoms with Gasteiger partial charge in [0.2, 0.25) is 0 Å². The summed E-state index contributed by atoms with van der Waals surface area (Å²) in [6, 6.07) is 0. The highest BCUT2D eigenvalue weighted by Crippen LogP contribution is 2.09. The molecule has 0 saturated carbocycles. The summed E-state index contributed by atoms with van der Waals surface area (Å²) in [5.74, 6) is 0. The van der Waals surface area contributed by atoms with E-state index in [1.54, 1.807) is 13.8 Å². The van der Waals surface area contributed by atoms with Gasteiger partial charge < -0.3 is 5.21 Å². The zero-order valence-corrected chi connectivity index (χ0v) is 7.84. The van der Waals surface area contributed by atoms with E-state index in [1.807, 2.05) is 0 Å². The number of hydrogen-bond acceptors (Lipinski definition) is 2. The smallest absolute Gasteiger partial charge is 0.199 e. The van der Waals surface area contributed by atoms with Gasteiger partial charge in [0.05, 0.1) is 16.4 Å². The Morgan fingerprint density at radius 2 is 2.09 bits per heavy atom. The zero-order chi connectivity index (χ0) is 8.59. The second-order valence-electron chi connectivity index (χ2n) is 2.39. The van der Waals surface area contributed by atoms with Gasteiger partial charge >= 0.3 is 0 Å². The molecule has 0 atom stereocenters. The van der Waals surface area contributed by atoms with Gasteiger partial charge in [-0.15, -0.1) is 0 Å². The third-order valence-electron chi connectivity index (χ3n) is 1.53. The van der Waals surface area contributed by atoms with Gasteiger partial charge in [-0.3, -0.25) is 4.79 Å². The van der Waals surface area contributed by atoms with Gasteiger partial charge in [0.25, 0.3) is 0 Å². The lowest BCUT2D eigenvalue weighted by atomic mass is 10.3. The minimum absolute atomic E-state index is 0.0761. The predicted molar refractivity (Wildman–Crippen MR) is 45.1 cm³/mol. The number of aryl methyl sites for hydroxylation is 1. The average molecular weight is 218 g/mol. The first kappa shape index (κ1) is 8.33. The summed E-state index contributed by atoms with van der Waals surface area (Å²) in [6.07, 6.45) is 1.39. The SMILES string of the molecule is Cc1cn(O)c(C)c(Br)c1=O. The maximum Gasteiger partial charge on any atom is 0.199 e. The molecule has 60 valence electrons. The second-order valence-corrected chi connectivity index (χ2v) is 3.18. The fourth-order valence-electron chi connectivity index (χ4n) is 0.777. The standard InChI is InChI=1S/C7H8BrNO2/c1-4-3-9(11)5(2)6(8)7(4)10/h3,11H,1-2H3. The second kappa shape index (κ2) is 2.70. The van der Waals surface area contributed by atoms with Crippen molar-refractivity contribution in [2.24, 2.45) is 0 Å². The molecule has 0 aliphatic heterocycles. The lowest BCUT2D eigenvalue weighted by Gasteiger charge is -2.04. The van der Waals surface area contributed by atoms with Gasteiger partial charge in [-0.25, -0.2) is 0 Å². The first-order valence-electron chi connectivity index (χ1n) is 3.11. The molecule has 0 aromatic carbocycles. The van der Waals surface area contributed by atoms with Crippen LogP contribution in [0.15, 0.2) is 15.5 Å². The normalized spacial score (nSPS) is 10.1. The highest BCUT2D eigenvalue weighted by Gasteiger charge is 2.05. The van der Waals surface area contributed by atoms with Crippen LogP contribution in [0.2, 0.25) is 0 Å². The molecular formula is C7H8BrNO2. The van der Waals surface area contributed by atoms with Crippen molar-refractivity contribution in [3.8, 4) is 0 Å². The molecule has 1 aromatic heterocycles. The van der Waals surface area contributed by atoms with Crippen LogP contribution in [-0.4, -0.2) is 9.94 Å². The number of nitrogens with zero attached hydrogens (tertiary/aromatic N) is 1. The molecule has 0 aliphatic carbocycles. The maximum atomic E-state index is 11.2. The van der Waals surface area contributed by atoms with E-state index in [2.05, 4.69) is 15.9 Å². The predicted octanol–water partition coefficient (Wildman–Crippen LogP) is 1.46. The Balaban J connectivity index is 3.59. The summed E-state index contributed by atoms with van der Waals surface area (Å²) in [5, 5.41) is 9.15. The summed E-state index contributed by atoms with van der Waals surface area (Å²) in [7, 11) is 0. The summed E-state index contributed by atoms with van der Waals surface area (Å²) < 4.78 is 1.35. The van der Waals surface area contributed by atoms with Crippen LogP contribution in [0.1, 0.15) is 11.3 Å². The van der Waals surface area contributed by atoms with E-state index in [-0.39, 0.29) is 5.43 Å². The third kappa shape index (κ3) is 1.30. The molecule has 0 fully saturated rings. The number of rotatable bonds is 0. The van der Waals surface area contributed by atoms with Crippen LogP contribution >= 0.6 is 15.9 Å². The molecule has 1 rings (SSSR count). The Morgan fingerprint density at radius 3 is 2.64 bits per heavy atom. The van der Waals surface area contributed by atoms with Crippen molar-refractivity contribution < 1.29 is 5.21 Å². The molecule has 0 unspecified atom stereocenters. The fourth-order valence-corrected chi connectivity index (χ4v) is 1.27. The molecule has 0 amide bonds. The molecular weight excluding hydrogens is 210 g/mol. The van der Waals surface area contributed by atoms with Crippen molar-refractivity contribution in [2.75, 3.05) is 0 Å². The van der Waals surface area contributed by atoms with Gasteiger partial charge in [-0.1, -0.05) is 0 Å². The van der Waals surface area contributed by atoms with E-state index in [4.69, 9.17) is 5.21 Å². The fraction of sp³-hybridized carbons (Fsp3) is 0.286. The van der Waals surface area contributed by atoms with Crippen LogP contribution in [0.25, 0.3) is 0 Å². The van der Waals surface area contributed by atoms with E-state index in [0.717, 1.165) is 4.73 Å². The molecule has 1 N–H and O–H groups in total. The summed E-state index contributed by atoms with van der Waals surface area (Å²) in [6.45, 7) is 3.31. The number of pyridine rings is 1. The van der Waals surface area contributed by atoms with Crippen molar-refractivity contribution >= 4 is 15.9 Å². The van der Waals surface area contributed by atoms with Crippen LogP contribution in [0, 0.1) is 13.8 Å². The van der Waals surface area contributed by atoms with Crippen molar-refractivity contribution in [3.05, 3.63) is 32.2 Å². The van der Waals surface area contributed by atoms with Crippen LogP contribution in [0.4, 0.5) is 0 Å². The number of halogens is 1. The largest absolute Gasteiger partial charge is 0.429 e. The lowest BCUT2D eigenvalue weighted by molar-refractivity contribution is 0.176. The molecule has 0 aliphatic rings. The lowest BCUT2D eigenvalue weighted by Crippen LogP contribution is -2.13. The van der Waals surface area contributed by atoms with Crippen molar-refractivity contribution in [3.63, 3.8) is 0 Å². The minimum Gasteiger partial charge on any atom is -0.429 e. The summed E-state index contributed by atoms with van der Waals surface area (Å²) in [4.78, 5) is 11.2. The van der Waals surface area contributed by atoms with E-state index in [9.17, 15) is 4.79 Å². The Morgan fingerprint density at radius 1 is 1.55 bits per heavy atom. The molecule has 0 radical (unpaired) electrons. The number of hydrogen-bond donors (Lipinski definition) is 1. The molecule has 1 heterocycles. The van der Waals surface area contributed by atoms with E-state index in [0.29, 0.717) is 15.7 Å². The Labute approximate surface area is 72.4 Å². The first-order valence-corrected chi connectivity index (χ1v) is 3.91. The summed E-state index contributed by atoms with van der Waals surface area (Å²) >= 11 is 3.09. The molecule has 0 spiro atoms. The highest BCUT2D eigenvalue weighted by atomic mass is 79.9. The quantitative estimate of drug-likeness (QED) is 0.670. The van der Waals surface area contributed by atoms with Gasteiger partial charge in [-0.2, -0.15) is 4.73 Å². The Hall–Kier alpha value is -0.770. The molecule has 11 heavy (non-hydrogen) atoms. The van der Waals surface area contributed by atoms with Gasteiger partial charge in [-0.05, 0) is 29.8 Å². The molecule has 3 nitrogen and oxygen atoms in total. The molecule has 0 bridgehead atoms. The number of aromatic nitrogens is 1. The van der Waals surface area contributed by atoms with E-state index < -0.39 is 0 Å². The Bertz CT molecular complexity index is 343.